The zero-order valence-electron chi connectivity index (χ0n) is 15.6. The third-order valence-electron chi connectivity index (χ3n) is 4.45. The predicted octanol–water partition coefficient (Wildman–Crippen LogP) is 3.50. The van der Waals surface area contributed by atoms with Crippen LogP contribution in [0.3, 0.4) is 0 Å². The highest BCUT2D eigenvalue weighted by Crippen LogP contribution is 2.35. The minimum Gasteiger partial charge on any atom is -0.494 e. The average molecular weight is 375 g/mol. The van der Waals surface area contributed by atoms with Gasteiger partial charge in [0, 0.05) is 24.1 Å². The number of hydrogen-bond donors (Lipinski definition) is 1. The molecule has 0 bridgehead atoms. The summed E-state index contributed by atoms with van der Waals surface area (Å²) in [5.41, 5.74) is 3.63. The van der Waals surface area contributed by atoms with Gasteiger partial charge >= 0.3 is 0 Å². The normalized spacial score (nSPS) is 16.2. The molecule has 0 saturated carbocycles. The van der Waals surface area contributed by atoms with Crippen LogP contribution in [-0.2, 0) is 23.0 Å². The Morgan fingerprint density at radius 1 is 1.23 bits per heavy atom. The molecule has 0 aliphatic carbocycles. The van der Waals surface area contributed by atoms with Crippen molar-refractivity contribution in [2.75, 3.05) is 6.61 Å². The first-order chi connectivity index (χ1) is 12.3. The summed E-state index contributed by atoms with van der Waals surface area (Å²) in [5, 5.41) is 0. The van der Waals surface area contributed by atoms with E-state index < -0.39 is 10.0 Å². The number of rotatable bonds is 6. The summed E-state index contributed by atoms with van der Waals surface area (Å²) in [6.45, 7) is 8.34. The maximum atomic E-state index is 12.7. The van der Waals surface area contributed by atoms with Gasteiger partial charge in [0.2, 0.25) is 10.0 Å². The van der Waals surface area contributed by atoms with E-state index in [1.807, 2.05) is 39.0 Å². The molecule has 26 heavy (non-hydrogen) atoms. The van der Waals surface area contributed by atoms with Gasteiger partial charge in [0.15, 0.2) is 0 Å². The minimum atomic E-state index is -3.61. The number of nitrogens with one attached hydrogen (secondary N) is 1. The van der Waals surface area contributed by atoms with Crippen LogP contribution in [0.25, 0.3) is 0 Å². The van der Waals surface area contributed by atoms with Crippen molar-refractivity contribution in [3.8, 4) is 11.5 Å². The smallest absolute Gasteiger partial charge is 0.241 e. The predicted molar refractivity (Wildman–Crippen MR) is 101 cm³/mol. The lowest BCUT2D eigenvalue weighted by atomic mass is 10.1. The number of aryl methyl sites for hydroxylation is 2. The average Bonchev–Trinajstić information content (AvgIpc) is 2.91. The first kappa shape index (κ1) is 18.7. The lowest BCUT2D eigenvalue weighted by Crippen LogP contribution is -2.24. The molecule has 6 heteroatoms. The summed E-state index contributed by atoms with van der Waals surface area (Å²) in [5.74, 6) is 1.51. The molecule has 1 aliphatic heterocycles. The fourth-order valence-corrected chi connectivity index (χ4v) is 4.49. The first-order valence-electron chi connectivity index (χ1n) is 8.82. The molecule has 3 rings (SSSR count). The van der Waals surface area contributed by atoms with Crippen LogP contribution >= 0.6 is 0 Å². The number of sulfonamides is 1. The first-order valence-corrected chi connectivity index (χ1v) is 10.3. The van der Waals surface area contributed by atoms with Gasteiger partial charge in [-0.15, -0.1) is 0 Å². The lowest BCUT2D eigenvalue weighted by Gasteiger charge is -2.14. The molecule has 5 nitrogen and oxygen atoms in total. The number of hydrogen-bond acceptors (Lipinski definition) is 4. The van der Waals surface area contributed by atoms with E-state index >= 15 is 0 Å². The van der Waals surface area contributed by atoms with Gasteiger partial charge < -0.3 is 9.47 Å². The van der Waals surface area contributed by atoms with Gasteiger partial charge in [0.05, 0.1) is 11.5 Å². The van der Waals surface area contributed by atoms with E-state index in [9.17, 15) is 8.42 Å². The fraction of sp³-hybridized carbons (Fsp3) is 0.400. The maximum Gasteiger partial charge on any atom is 0.241 e. The summed E-state index contributed by atoms with van der Waals surface area (Å²) in [7, 11) is -3.61. The fourth-order valence-electron chi connectivity index (χ4n) is 3.26. The van der Waals surface area contributed by atoms with Crippen LogP contribution in [0.5, 0.6) is 11.5 Å². The van der Waals surface area contributed by atoms with Crippen LogP contribution in [0.15, 0.2) is 35.2 Å². The van der Waals surface area contributed by atoms with Crippen LogP contribution in [0, 0.1) is 13.8 Å². The minimum absolute atomic E-state index is 0.127. The molecule has 2 aromatic carbocycles. The van der Waals surface area contributed by atoms with Gasteiger partial charge in [-0.1, -0.05) is 17.7 Å². The standard InChI is InChI=1S/C20H25NO4S/c1-5-24-18-10-16-9-15(4)25-19(16)11-17(18)12-21-26(22,23)20-7-6-13(2)8-14(20)3/h6-8,10-11,15,21H,5,9,12H2,1-4H3/t15-/m0/s1. The van der Waals surface area contributed by atoms with E-state index in [4.69, 9.17) is 9.47 Å². The molecule has 1 aliphatic rings. The highest BCUT2D eigenvalue weighted by atomic mass is 32.2. The van der Waals surface area contributed by atoms with Crippen LogP contribution in [-0.4, -0.2) is 21.1 Å². The summed E-state index contributed by atoms with van der Waals surface area (Å²) in [6.07, 6.45) is 0.964. The topological polar surface area (TPSA) is 64.6 Å². The molecular formula is C20H25NO4S. The monoisotopic (exact) mass is 375 g/mol. The van der Waals surface area contributed by atoms with Gasteiger partial charge in [-0.2, -0.15) is 0 Å². The third-order valence-corrected chi connectivity index (χ3v) is 6.01. The molecule has 0 radical (unpaired) electrons. The Labute approximate surface area is 155 Å². The van der Waals surface area contributed by atoms with E-state index in [1.54, 1.807) is 19.1 Å². The van der Waals surface area contributed by atoms with E-state index in [1.165, 1.54) is 0 Å². The molecule has 0 fully saturated rings. The van der Waals surface area contributed by atoms with Crippen molar-refractivity contribution in [2.45, 2.75) is 51.7 Å². The van der Waals surface area contributed by atoms with Gasteiger partial charge in [0.1, 0.15) is 17.6 Å². The Kier molecular flexibility index (Phi) is 5.25. The zero-order valence-corrected chi connectivity index (χ0v) is 16.4. The SMILES string of the molecule is CCOc1cc2c(cc1CNS(=O)(=O)c1ccc(C)cc1C)O[C@@H](C)C2. The van der Waals surface area contributed by atoms with E-state index in [2.05, 4.69) is 4.72 Å². The van der Waals surface area contributed by atoms with Gasteiger partial charge in [-0.3, -0.25) is 0 Å². The second-order valence-electron chi connectivity index (χ2n) is 6.73. The summed E-state index contributed by atoms with van der Waals surface area (Å²) < 4.78 is 39.6. The Morgan fingerprint density at radius 3 is 2.69 bits per heavy atom. The molecule has 0 amide bonds. The Bertz CT molecular complexity index is 922. The molecule has 1 atom stereocenters. The molecule has 140 valence electrons. The van der Waals surface area contributed by atoms with Crippen molar-refractivity contribution in [1.29, 1.82) is 0 Å². The molecule has 2 aromatic rings. The van der Waals surface area contributed by atoms with E-state index in [0.717, 1.165) is 34.4 Å². The molecule has 1 heterocycles. The molecular weight excluding hydrogens is 350 g/mol. The Hall–Kier alpha value is -2.05. The zero-order chi connectivity index (χ0) is 18.9. The molecule has 0 aromatic heterocycles. The summed E-state index contributed by atoms with van der Waals surface area (Å²) in [6, 6.07) is 9.16. The molecule has 0 spiro atoms. The van der Waals surface area contributed by atoms with Crippen molar-refractivity contribution in [3.05, 3.63) is 52.6 Å². The van der Waals surface area contributed by atoms with Crippen molar-refractivity contribution in [2.24, 2.45) is 0 Å². The van der Waals surface area contributed by atoms with Gasteiger partial charge in [-0.05, 0) is 51.5 Å². The van der Waals surface area contributed by atoms with Crippen LogP contribution in [0.1, 0.15) is 36.1 Å². The number of fused-ring (bicyclic) bond motifs is 1. The Balaban J connectivity index is 1.85. The van der Waals surface area contributed by atoms with E-state index in [0.29, 0.717) is 17.3 Å². The third kappa shape index (κ3) is 3.86. The molecule has 0 saturated heterocycles. The van der Waals surface area contributed by atoms with Crippen LogP contribution in [0.4, 0.5) is 0 Å². The van der Waals surface area contributed by atoms with Crippen molar-refractivity contribution in [1.82, 2.24) is 4.72 Å². The second kappa shape index (κ2) is 7.29. The van der Waals surface area contributed by atoms with Gasteiger partial charge in [0.25, 0.3) is 0 Å². The van der Waals surface area contributed by atoms with Crippen molar-refractivity contribution < 1.29 is 17.9 Å². The molecule has 0 unspecified atom stereocenters. The maximum absolute atomic E-state index is 12.7. The quantitative estimate of drug-likeness (QED) is 0.839. The lowest BCUT2D eigenvalue weighted by molar-refractivity contribution is 0.254. The van der Waals surface area contributed by atoms with Crippen LogP contribution < -0.4 is 14.2 Å². The summed E-state index contributed by atoms with van der Waals surface area (Å²) in [4.78, 5) is 0.298. The number of ether oxygens (including phenoxy) is 2. The van der Waals surface area contributed by atoms with E-state index in [-0.39, 0.29) is 12.6 Å². The number of benzene rings is 2. The van der Waals surface area contributed by atoms with Gasteiger partial charge in [-0.25, -0.2) is 13.1 Å². The highest BCUT2D eigenvalue weighted by Gasteiger charge is 2.23. The molecule has 1 N–H and O–H groups in total. The summed E-state index contributed by atoms with van der Waals surface area (Å²) >= 11 is 0. The largest absolute Gasteiger partial charge is 0.494 e. The Morgan fingerprint density at radius 2 is 2.00 bits per heavy atom. The van der Waals surface area contributed by atoms with Crippen LogP contribution in [0.2, 0.25) is 0 Å². The second-order valence-corrected chi connectivity index (χ2v) is 8.46. The van der Waals surface area contributed by atoms with Crippen molar-refractivity contribution in [3.63, 3.8) is 0 Å². The highest BCUT2D eigenvalue weighted by molar-refractivity contribution is 7.89. The van der Waals surface area contributed by atoms with Crippen molar-refractivity contribution >= 4 is 10.0 Å².